The van der Waals surface area contributed by atoms with Crippen molar-refractivity contribution in [2.24, 2.45) is 0 Å². The molecule has 1 atom stereocenters. The maximum absolute atomic E-state index is 3.97. The van der Waals surface area contributed by atoms with E-state index < -0.39 is 0 Å². The maximum atomic E-state index is 3.97. The minimum absolute atomic E-state index is 0.146. The SMILES string of the molecule is [CH2-]P(C)c1ccccc1. The van der Waals surface area contributed by atoms with Crippen molar-refractivity contribution in [3.63, 3.8) is 0 Å². The summed E-state index contributed by atoms with van der Waals surface area (Å²) in [7, 11) is -0.146. The number of hydrogen-bond donors (Lipinski definition) is 0. The van der Waals surface area contributed by atoms with Crippen LogP contribution in [0.1, 0.15) is 0 Å². The van der Waals surface area contributed by atoms with Gasteiger partial charge in [-0.2, -0.15) is 0 Å². The zero-order chi connectivity index (χ0) is 6.69. The molecule has 0 amide bonds. The Morgan fingerprint density at radius 3 is 2.11 bits per heavy atom. The maximum Gasteiger partial charge on any atom is -0.0555 e. The van der Waals surface area contributed by atoms with E-state index in [0.29, 0.717) is 0 Å². The molecule has 1 aromatic rings. The lowest BCUT2D eigenvalue weighted by molar-refractivity contribution is 1.77. The summed E-state index contributed by atoms with van der Waals surface area (Å²) in [5.41, 5.74) is 0. The fourth-order valence-electron chi connectivity index (χ4n) is 0.682. The fourth-order valence-corrected chi connectivity index (χ4v) is 1.36. The number of hydrogen-bond acceptors (Lipinski definition) is 0. The van der Waals surface area contributed by atoms with Crippen LogP contribution in [0.15, 0.2) is 30.3 Å². The van der Waals surface area contributed by atoms with Gasteiger partial charge in [0.05, 0.1) is 0 Å². The van der Waals surface area contributed by atoms with Gasteiger partial charge in [0.15, 0.2) is 0 Å². The molecule has 1 aromatic carbocycles. The standard InChI is InChI=1S/C8H10P/c1-9(2)8-6-4-3-5-7-8/h3-7H,1H2,2H3/q-1. The van der Waals surface area contributed by atoms with Gasteiger partial charge in [-0.25, -0.2) is 7.92 Å². The molecule has 0 N–H and O–H groups in total. The van der Waals surface area contributed by atoms with Crippen LogP contribution >= 0.6 is 7.92 Å². The van der Waals surface area contributed by atoms with Gasteiger partial charge in [-0.05, 0) is 0 Å². The Balaban J connectivity index is 2.85. The summed E-state index contributed by atoms with van der Waals surface area (Å²) in [4.78, 5) is 0. The van der Waals surface area contributed by atoms with Gasteiger partial charge in [0, 0.05) is 0 Å². The molecular formula is C8H10P-. The van der Waals surface area contributed by atoms with Gasteiger partial charge in [0.1, 0.15) is 0 Å². The lowest BCUT2D eigenvalue weighted by Gasteiger charge is -2.11. The summed E-state index contributed by atoms with van der Waals surface area (Å²) in [6.45, 7) is 6.13. The Morgan fingerprint density at radius 1 is 1.22 bits per heavy atom. The van der Waals surface area contributed by atoms with E-state index in [2.05, 4.69) is 37.6 Å². The molecule has 0 aliphatic rings. The van der Waals surface area contributed by atoms with Gasteiger partial charge in [0.2, 0.25) is 0 Å². The van der Waals surface area contributed by atoms with E-state index >= 15 is 0 Å². The summed E-state index contributed by atoms with van der Waals surface area (Å²) in [5.74, 6) is 0. The highest BCUT2D eigenvalue weighted by Gasteiger charge is 1.85. The molecule has 48 valence electrons. The molecule has 1 rings (SSSR count). The van der Waals surface area contributed by atoms with E-state index in [9.17, 15) is 0 Å². The van der Waals surface area contributed by atoms with Gasteiger partial charge in [-0.15, -0.1) is 0 Å². The first kappa shape index (κ1) is 6.77. The number of benzene rings is 1. The Hall–Kier alpha value is -0.350. The molecule has 0 saturated heterocycles. The molecule has 0 nitrogen and oxygen atoms in total. The Morgan fingerprint density at radius 2 is 1.78 bits per heavy atom. The van der Waals surface area contributed by atoms with Crippen LogP contribution in [0.5, 0.6) is 0 Å². The lowest BCUT2D eigenvalue weighted by Crippen LogP contribution is -1.94. The smallest absolute Gasteiger partial charge is 0.0555 e. The molecule has 0 aromatic heterocycles. The first-order valence-corrected chi connectivity index (χ1v) is 4.87. The van der Waals surface area contributed by atoms with Crippen LogP contribution in [-0.4, -0.2) is 6.66 Å². The van der Waals surface area contributed by atoms with E-state index in [-0.39, 0.29) is 7.92 Å². The molecule has 1 unspecified atom stereocenters. The monoisotopic (exact) mass is 137 g/mol. The summed E-state index contributed by atoms with van der Waals surface area (Å²) in [6, 6.07) is 10.4. The zero-order valence-corrected chi connectivity index (χ0v) is 6.44. The van der Waals surface area contributed by atoms with Crippen molar-refractivity contribution in [1.29, 1.82) is 0 Å². The second kappa shape index (κ2) is 2.98. The van der Waals surface area contributed by atoms with Gasteiger partial charge < -0.3 is 6.66 Å². The van der Waals surface area contributed by atoms with Gasteiger partial charge in [0.25, 0.3) is 0 Å². The second-order valence-corrected chi connectivity index (χ2v) is 3.95. The Bertz CT molecular complexity index is 167. The molecule has 9 heavy (non-hydrogen) atoms. The zero-order valence-electron chi connectivity index (χ0n) is 5.54. The van der Waals surface area contributed by atoms with E-state index in [4.69, 9.17) is 0 Å². The van der Waals surface area contributed by atoms with Crippen molar-refractivity contribution in [2.75, 3.05) is 6.66 Å². The Labute approximate surface area is 57.7 Å². The van der Waals surface area contributed by atoms with Gasteiger partial charge in [-0.1, -0.05) is 42.3 Å². The molecule has 0 aliphatic carbocycles. The van der Waals surface area contributed by atoms with Crippen molar-refractivity contribution in [2.45, 2.75) is 0 Å². The van der Waals surface area contributed by atoms with Crippen LogP contribution in [0.4, 0.5) is 0 Å². The van der Waals surface area contributed by atoms with Crippen LogP contribution in [0.3, 0.4) is 0 Å². The third kappa shape index (κ3) is 1.80. The van der Waals surface area contributed by atoms with Crippen molar-refractivity contribution in [1.82, 2.24) is 0 Å². The minimum Gasteiger partial charge on any atom is -0.313 e. The highest BCUT2D eigenvalue weighted by atomic mass is 31.1. The topological polar surface area (TPSA) is 0 Å². The van der Waals surface area contributed by atoms with Crippen molar-refractivity contribution in [3.8, 4) is 0 Å². The van der Waals surface area contributed by atoms with Crippen LogP contribution in [0.25, 0.3) is 0 Å². The largest absolute Gasteiger partial charge is 0.313 e. The van der Waals surface area contributed by atoms with Gasteiger partial charge in [-0.3, -0.25) is 0 Å². The summed E-state index contributed by atoms with van der Waals surface area (Å²) in [5, 5.41) is 1.37. The minimum atomic E-state index is -0.146. The van der Waals surface area contributed by atoms with E-state index in [1.165, 1.54) is 5.30 Å². The highest BCUT2D eigenvalue weighted by molar-refractivity contribution is 7.66. The fraction of sp³-hybridized carbons (Fsp3) is 0.125. The average molecular weight is 137 g/mol. The molecule has 0 bridgehead atoms. The predicted octanol–water partition coefficient (Wildman–Crippen LogP) is 2.22. The predicted molar refractivity (Wildman–Crippen MR) is 44.3 cm³/mol. The van der Waals surface area contributed by atoms with Crippen molar-refractivity contribution >= 4 is 13.2 Å². The molecule has 0 saturated carbocycles. The van der Waals surface area contributed by atoms with Crippen LogP contribution in [-0.2, 0) is 0 Å². The summed E-state index contributed by atoms with van der Waals surface area (Å²) < 4.78 is 0. The quantitative estimate of drug-likeness (QED) is 0.411. The summed E-state index contributed by atoms with van der Waals surface area (Å²) in [6.07, 6.45) is 0. The molecule has 0 radical (unpaired) electrons. The molecule has 0 heterocycles. The normalized spacial score (nSPS) is 13.1. The van der Waals surface area contributed by atoms with Crippen LogP contribution in [0, 0.1) is 6.66 Å². The first-order chi connectivity index (χ1) is 4.30. The van der Waals surface area contributed by atoms with Crippen molar-refractivity contribution < 1.29 is 0 Å². The van der Waals surface area contributed by atoms with Gasteiger partial charge >= 0.3 is 0 Å². The van der Waals surface area contributed by atoms with Crippen molar-refractivity contribution in [3.05, 3.63) is 37.0 Å². The van der Waals surface area contributed by atoms with E-state index in [1.807, 2.05) is 6.07 Å². The van der Waals surface area contributed by atoms with Crippen LogP contribution < -0.4 is 5.30 Å². The number of rotatable bonds is 1. The average Bonchev–Trinajstić information content (AvgIpc) is 1.90. The molecule has 0 spiro atoms. The lowest BCUT2D eigenvalue weighted by atomic mass is 10.4. The first-order valence-electron chi connectivity index (χ1n) is 2.90. The Kier molecular flexibility index (Phi) is 2.24. The summed E-state index contributed by atoms with van der Waals surface area (Å²) >= 11 is 0. The molecule has 0 fully saturated rings. The van der Waals surface area contributed by atoms with Crippen LogP contribution in [0.2, 0.25) is 0 Å². The molecular weight excluding hydrogens is 127 g/mol. The van der Waals surface area contributed by atoms with E-state index in [1.54, 1.807) is 0 Å². The third-order valence-corrected chi connectivity index (χ3v) is 2.38. The third-order valence-electron chi connectivity index (χ3n) is 1.20. The van der Waals surface area contributed by atoms with E-state index in [0.717, 1.165) is 0 Å². The highest BCUT2D eigenvalue weighted by Crippen LogP contribution is 2.25. The molecule has 0 aliphatic heterocycles. The second-order valence-electron chi connectivity index (χ2n) is 2.03. The molecule has 1 heteroatoms.